The lowest BCUT2D eigenvalue weighted by Gasteiger charge is -2.27. The number of hydrogen-bond acceptors (Lipinski definition) is 5. The highest BCUT2D eigenvalue weighted by Crippen LogP contribution is 2.42. The molecule has 0 atom stereocenters. The molecule has 0 radical (unpaired) electrons. The largest absolute Gasteiger partial charge is 0.497 e. The Morgan fingerprint density at radius 3 is 0.765 bits per heavy atom. The summed E-state index contributed by atoms with van der Waals surface area (Å²) in [5.41, 5.74) is 24.5. The molecule has 0 fully saturated rings. The van der Waals surface area contributed by atoms with Gasteiger partial charge in [0.25, 0.3) is 0 Å². The molecule has 11 rings (SSSR count). The highest BCUT2D eigenvalue weighted by Gasteiger charge is 2.18. The van der Waals surface area contributed by atoms with Crippen molar-refractivity contribution < 1.29 is 4.74 Å². The van der Waals surface area contributed by atoms with Gasteiger partial charge in [-0.2, -0.15) is 0 Å². The molecular weight excluding hydrogens is 985 g/mol. The Morgan fingerprint density at radius 2 is 0.481 bits per heavy atom. The van der Waals surface area contributed by atoms with Crippen molar-refractivity contribution in [2.24, 2.45) is 0 Å². The minimum absolute atomic E-state index is 0.824. The molecule has 0 saturated heterocycles. The summed E-state index contributed by atoms with van der Waals surface area (Å²) in [4.78, 5) is 9.28. The molecule has 0 saturated carbocycles. The Hall–Kier alpha value is -9.58. The number of benzene rings is 11. The number of hydrogen-bond donors (Lipinski definition) is 0. The summed E-state index contributed by atoms with van der Waals surface area (Å²) in [6.45, 7) is 8.83. The summed E-state index contributed by atoms with van der Waals surface area (Å²) < 4.78 is 5.65. The van der Waals surface area contributed by atoms with E-state index in [0.29, 0.717) is 0 Å². The number of ether oxygens (including phenoxy) is 1. The summed E-state index contributed by atoms with van der Waals surface area (Å²) in [5, 5.41) is 0. The first-order valence-corrected chi connectivity index (χ1v) is 28.5. The zero-order valence-corrected chi connectivity index (χ0v) is 47.4. The van der Waals surface area contributed by atoms with Gasteiger partial charge in [0.1, 0.15) is 5.75 Å². The normalized spacial score (nSPS) is 11.0. The molecule has 0 spiro atoms. The summed E-state index contributed by atoms with van der Waals surface area (Å²) in [6.07, 6.45) is 3.91. The van der Waals surface area contributed by atoms with Gasteiger partial charge in [-0.1, -0.05) is 155 Å². The molecular formula is C76H70N4O. The molecule has 11 aromatic carbocycles. The third-order valence-corrected chi connectivity index (χ3v) is 15.6. The van der Waals surface area contributed by atoms with E-state index < -0.39 is 0 Å². The molecule has 0 aromatic heterocycles. The van der Waals surface area contributed by atoms with Crippen LogP contribution in [-0.2, 0) is 25.7 Å². The maximum atomic E-state index is 5.65. The number of methoxy groups -OCH3 is 1. The Bertz CT molecular complexity index is 3800. The van der Waals surface area contributed by atoms with Gasteiger partial charge in [-0.15, -0.1) is 0 Å². The van der Waals surface area contributed by atoms with Crippen molar-refractivity contribution in [1.29, 1.82) is 0 Å². The second kappa shape index (κ2) is 24.6. The van der Waals surface area contributed by atoms with E-state index in [1.54, 1.807) is 7.11 Å². The molecule has 400 valence electrons. The van der Waals surface area contributed by atoms with Crippen molar-refractivity contribution in [2.75, 3.05) is 33.8 Å². The van der Waals surface area contributed by atoms with Crippen molar-refractivity contribution in [1.82, 2.24) is 0 Å². The molecule has 0 aliphatic heterocycles. The maximum Gasteiger partial charge on any atom is 0.120 e. The lowest BCUT2D eigenvalue weighted by atomic mass is 10.0. The van der Waals surface area contributed by atoms with E-state index in [9.17, 15) is 0 Å². The van der Waals surface area contributed by atoms with Gasteiger partial charge in [0.2, 0.25) is 0 Å². The van der Waals surface area contributed by atoms with Crippen molar-refractivity contribution >= 4 is 62.6 Å². The molecule has 0 aliphatic rings. The lowest BCUT2D eigenvalue weighted by Crippen LogP contribution is -2.10. The van der Waals surface area contributed by atoms with Crippen molar-refractivity contribution in [2.45, 2.75) is 53.4 Å². The van der Waals surface area contributed by atoms with Crippen LogP contribution in [0.4, 0.5) is 62.6 Å². The fraction of sp³-hybridized carbons (Fsp3) is 0.132. The van der Waals surface area contributed by atoms with Gasteiger partial charge in [0, 0.05) is 75.7 Å². The SMILES string of the molecule is CCc1cccc(N(C)c2ccc(-c3ccc(N(c4ccc(-c5ccc(N(c6ccc(-c7ccc(N(c8cccc(CC)c8)c8cccc(OC)c8)cc7)cc6)c6cccc(CC)c6)cc5)cc4)c4cccc(CC)c4)cc3)cc2)c1. The molecule has 0 N–H and O–H groups in total. The van der Waals surface area contributed by atoms with Crippen LogP contribution in [-0.4, -0.2) is 14.2 Å². The van der Waals surface area contributed by atoms with E-state index >= 15 is 0 Å². The standard InChI is InChI=1S/C76H70N4O/c1-7-55-16-11-20-71(50-55)77(5)65-38-26-59(27-39-65)60-28-40-66(41-29-60)78(72-21-12-17-56(8-2)51-72)67-42-30-61(31-43-67)62-32-44-68(45-33-62)79(73-22-13-18-57(9-3)52-73)69-46-34-63(35-47-69)64-36-48-70(49-37-64)80(74-23-14-19-58(10-4)53-74)75-24-15-25-76(54-75)81-6/h11-54H,7-10H2,1-6H3. The predicted octanol–water partition coefficient (Wildman–Crippen LogP) is 21.1. The highest BCUT2D eigenvalue weighted by molar-refractivity contribution is 5.84. The summed E-state index contributed by atoms with van der Waals surface area (Å²) >= 11 is 0. The summed E-state index contributed by atoms with van der Waals surface area (Å²) in [6, 6.07) is 97.3. The van der Waals surface area contributed by atoms with Crippen molar-refractivity contribution in [3.05, 3.63) is 289 Å². The molecule has 0 unspecified atom stereocenters. The Morgan fingerprint density at radius 1 is 0.247 bits per heavy atom. The van der Waals surface area contributed by atoms with E-state index in [0.717, 1.165) is 111 Å². The first kappa shape index (κ1) is 53.4. The minimum Gasteiger partial charge on any atom is -0.497 e. The third-order valence-electron chi connectivity index (χ3n) is 15.6. The monoisotopic (exact) mass is 1050 g/mol. The zero-order valence-electron chi connectivity index (χ0n) is 47.4. The van der Waals surface area contributed by atoms with Crippen molar-refractivity contribution in [3.8, 4) is 39.1 Å². The molecule has 0 heterocycles. The Balaban J connectivity index is 0.842. The van der Waals surface area contributed by atoms with Gasteiger partial charge in [-0.3, -0.25) is 0 Å². The van der Waals surface area contributed by atoms with Gasteiger partial charge < -0.3 is 24.3 Å². The maximum absolute atomic E-state index is 5.65. The first-order valence-electron chi connectivity index (χ1n) is 28.5. The van der Waals surface area contributed by atoms with Crippen LogP contribution in [0.5, 0.6) is 5.75 Å². The zero-order chi connectivity index (χ0) is 55.7. The lowest BCUT2D eigenvalue weighted by molar-refractivity contribution is 0.415. The van der Waals surface area contributed by atoms with Gasteiger partial charge in [-0.25, -0.2) is 0 Å². The number of rotatable bonds is 19. The smallest absolute Gasteiger partial charge is 0.120 e. The molecule has 5 heteroatoms. The third kappa shape index (κ3) is 11.9. The van der Waals surface area contributed by atoms with E-state index in [1.165, 1.54) is 39.1 Å². The number of aryl methyl sites for hydroxylation is 4. The van der Waals surface area contributed by atoms with Gasteiger partial charge in [0.05, 0.1) is 7.11 Å². The fourth-order valence-corrected chi connectivity index (χ4v) is 10.9. The molecule has 0 aliphatic carbocycles. The molecule has 0 amide bonds. The van der Waals surface area contributed by atoms with Crippen LogP contribution < -0.4 is 24.3 Å². The van der Waals surface area contributed by atoms with Crippen LogP contribution in [0.15, 0.2) is 267 Å². The van der Waals surface area contributed by atoms with Crippen molar-refractivity contribution in [3.63, 3.8) is 0 Å². The van der Waals surface area contributed by atoms with Gasteiger partial charge in [0.15, 0.2) is 0 Å². The average molecular weight is 1060 g/mol. The van der Waals surface area contributed by atoms with Crippen LogP contribution in [0.3, 0.4) is 0 Å². The summed E-state index contributed by atoms with van der Waals surface area (Å²) in [5.74, 6) is 0.824. The van der Waals surface area contributed by atoms with E-state index in [2.05, 4.69) is 309 Å². The summed E-state index contributed by atoms with van der Waals surface area (Å²) in [7, 11) is 3.86. The highest BCUT2D eigenvalue weighted by atomic mass is 16.5. The van der Waals surface area contributed by atoms with Crippen LogP contribution in [0.25, 0.3) is 33.4 Å². The first-order chi connectivity index (χ1) is 39.8. The Kier molecular flexibility index (Phi) is 16.2. The van der Waals surface area contributed by atoms with Crippen LogP contribution in [0.1, 0.15) is 49.9 Å². The van der Waals surface area contributed by atoms with Crippen LogP contribution in [0, 0.1) is 0 Å². The number of nitrogens with zero attached hydrogens (tertiary/aromatic N) is 4. The minimum atomic E-state index is 0.824. The molecule has 5 nitrogen and oxygen atoms in total. The fourth-order valence-electron chi connectivity index (χ4n) is 10.9. The topological polar surface area (TPSA) is 22.2 Å². The van der Waals surface area contributed by atoms with Gasteiger partial charge in [-0.05, 0) is 215 Å². The van der Waals surface area contributed by atoms with Crippen LogP contribution >= 0.6 is 0 Å². The number of anilines is 11. The molecule has 81 heavy (non-hydrogen) atoms. The van der Waals surface area contributed by atoms with Gasteiger partial charge >= 0.3 is 0 Å². The van der Waals surface area contributed by atoms with E-state index in [4.69, 9.17) is 4.74 Å². The van der Waals surface area contributed by atoms with Crippen LogP contribution in [0.2, 0.25) is 0 Å². The Labute approximate surface area is 480 Å². The average Bonchev–Trinajstić information content (AvgIpc) is 3.61. The second-order valence-corrected chi connectivity index (χ2v) is 20.6. The molecule has 0 bridgehead atoms. The van der Waals surface area contributed by atoms with E-state index in [-0.39, 0.29) is 0 Å². The quantitative estimate of drug-likeness (QED) is 0.0803. The predicted molar refractivity (Wildman–Crippen MR) is 345 cm³/mol. The second-order valence-electron chi connectivity index (χ2n) is 20.6. The molecule has 11 aromatic rings. The van der Waals surface area contributed by atoms with E-state index in [1.807, 2.05) is 12.1 Å².